The average Bonchev–Trinajstić information content (AvgIpc) is 3.13. The van der Waals surface area contributed by atoms with E-state index in [1.54, 1.807) is 0 Å². The lowest BCUT2D eigenvalue weighted by molar-refractivity contribution is 0.118. The normalized spacial score (nSPS) is 25.2. The second kappa shape index (κ2) is 5.74. The molecule has 1 unspecified atom stereocenters. The summed E-state index contributed by atoms with van der Waals surface area (Å²) in [6, 6.07) is 0. The number of halogens is 1. The van der Waals surface area contributed by atoms with E-state index in [-0.39, 0.29) is 6.10 Å². The van der Waals surface area contributed by atoms with Crippen molar-refractivity contribution in [3.8, 4) is 0 Å². The van der Waals surface area contributed by atoms with E-state index in [1.165, 1.54) is 24.1 Å². The predicted octanol–water partition coefficient (Wildman–Crippen LogP) is 2.37. The number of ether oxygens (including phenoxy) is 1. The van der Waals surface area contributed by atoms with Gasteiger partial charge in [0.25, 0.3) is 0 Å². The fourth-order valence-electron chi connectivity index (χ4n) is 3.51. The molecule has 4 rings (SSSR count). The molecule has 116 valence electrons. The summed E-state index contributed by atoms with van der Waals surface area (Å²) in [6.07, 6.45) is 6.91. The van der Waals surface area contributed by atoms with E-state index >= 15 is 0 Å². The first-order valence-corrected chi connectivity index (χ1v) is 8.75. The van der Waals surface area contributed by atoms with Crippen LogP contribution in [0.15, 0.2) is 14.6 Å². The van der Waals surface area contributed by atoms with Crippen molar-refractivity contribution >= 4 is 27.6 Å². The lowest BCUT2D eigenvalue weighted by atomic mass is 9.90. The van der Waals surface area contributed by atoms with E-state index in [0.29, 0.717) is 12.4 Å². The van der Waals surface area contributed by atoms with Crippen LogP contribution >= 0.6 is 15.9 Å². The molecular weight excluding hydrogens is 344 g/mol. The Morgan fingerprint density at radius 2 is 2.09 bits per heavy atom. The highest BCUT2D eigenvalue weighted by Gasteiger charge is 2.30. The van der Waals surface area contributed by atoms with Crippen molar-refractivity contribution in [1.29, 1.82) is 0 Å². The maximum atomic E-state index is 6.12. The Labute approximate surface area is 138 Å². The number of aliphatic imine (C=N–C) groups is 2. The van der Waals surface area contributed by atoms with Gasteiger partial charge in [0.15, 0.2) is 5.84 Å². The summed E-state index contributed by atoms with van der Waals surface area (Å²) in [4.78, 5) is 13.9. The second-order valence-corrected chi connectivity index (χ2v) is 6.83. The number of fused-ring (bicyclic) bond motifs is 3. The molecule has 3 heterocycles. The Hall–Kier alpha value is -1.27. The molecule has 1 aromatic heterocycles. The van der Waals surface area contributed by atoms with Gasteiger partial charge in [-0.3, -0.25) is 4.99 Å². The molecule has 1 atom stereocenters. The molecule has 0 amide bonds. The SMILES string of the molecule is NC1=NC(=NCC2CCCO2)c2c3c(nc(Br)c21)CCCC3. The van der Waals surface area contributed by atoms with E-state index in [1.807, 2.05) is 0 Å². The molecule has 22 heavy (non-hydrogen) atoms. The molecule has 0 bridgehead atoms. The van der Waals surface area contributed by atoms with Crippen LogP contribution in [-0.2, 0) is 17.6 Å². The van der Waals surface area contributed by atoms with Gasteiger partial charge in [-0.15, -0.1) is 0 Å². The molecule has 1 aliphatic carbocycles. The smallest absolute Gasteiger partial charge is 0.158 e. The van der Waals surface area contributed by atoms with Gasteiger partial charge in [-0.1, -0.05) is 0 Å². The van der Waals surface area contributed by atoms with Crippen molar-refractivity contribution < 1.29 is 4.74 Å². The predicted molar refractivity (Wildman–Crippen MR) is 89.7 cm³/mol. The standard InChI is InChI=1S/C16H19BrN4O/c17-14-13-12(10-5-1-2-6-11(10)20-14)16(21-15(13)18)19-8-9-4-3-7-22-9/h9H,1-8H2,(H2,18,19,21). The summed E-state index contributed by atoms with van der Waals surface area (Å²) >= 11 is 3.56. The summed E-state index contributed by atoms with van der Waals surface area (Å²) in [7, 11) is 0. The zero-order valence-electron chi connectivity index (χ0n) is 12.4. The first-order chi connectivity index (χ1) is 10.7. The molecule has 2 aliphatic heterocycles. The number of rotatable bonds is 2. The van der Waals surface area contributed by atoms with E-state index in [0.717, 1.165) is 53.9 Å². The second-order valence-electron chi connectivity index (χ2n) is 6.08. The fraction of sp³-hybridized carbons (Fsp3) is 0.562. The Balaban J connectivity index is 1.75. The van der Waals surface area contributed by atoms with Crippen molar-refractivity contribution in [1.82, 2.24) is 4.98 Å². The lowest BCUT2D eigenvalue weighted by Gasteiger charge is -2.19. The summed E-state index contributed by atoms with van der Waals surface area (Å²) in [5.74, 6) is 1.29. The monoisotopic (exact) mass is 362 g/mol. The Morgan fingerprint density at radius 1 is 1.23 bits per heavy atom. The van der Waals surface area contributed by atoms with Crippen LogP contribution in [0.5, 0.6) is 0 Å². The molecule has 0 radical (unpaired) electrons. The van der Waals surface area contributed by atoms with Gasteiger partial charge in [0.1, 0.15) is 10.4 Å². The fourth-order valence-corrected chi connectivity index (χ4v) is 4.12. The minimum atomic E-state index is 0.231. The summed E-state index contributed by atoms with van der Waals surface area (Å²) in [6.45, 7) is 1.52. The minimum absolute atomic E-state index is 0.231. The number of nitrogens with two attached hydrogens (primary N) is 1. The zero-order valence-corrected chi connectivity index (χ0v) is 14.0. The van der Waals surface area contributed by atoms with Crippen molar-refractivity contribution in [2.24, 2.45) is 15.7 Å². The van der Waals surface area contributed by atoms with Crippen LogP contribution in [0, 0.1) is 0 Å². The highest BCUT2D eigenvalue weighted by atomic mass is 79.9. The molecule has 0 saturated carbocycles. The van der Waals surface area contributed by atoms with Gasteiger partial charge in [0, 0.05) is 17.9 Å². The summed E-state index contributed by atoms with van der Waals surface area (Å²) < 4.78 is 6.45. The van der Waals surface area contributed by atoms with E-state index < -0.39 is 0 Å². The summed E-state index contributed by atoms with van der Waals surface area (Å²) in [5.41, 5.74) is 10.6. The van der Waals surface area contributed by atoms with Crippen LogP contribution in [0.4, 0.5) is 0 Å². The Bertz CT molecular complexity index is 677. The molecule has 2 N–H and O–H groups in total. The van der Waals surface area contributed by atoms with Gasteiger partial charge >= 0.3 is 0 Å². The van der Waals surface area contributed by atoms with Crippen LogP contribution in [0.1, 0.15) is 48.1 Å². The number of pyridine rings is 1. The van der Waals surface area contributed by atoms with E-state index in [9.17, 15) is 0 Å². The highest BCUT2D eigenvalue weighted by molar-refractivity contribution is 9.10. The van der Waals surface area contributed by atoms with Crippen LogP contribution in [0.25, 0.3) is 0 Å². The third kappa shape index (κ3) is 2.38. The quantitative estimate of drug-likeness (QED) is 0.820. The van der Waals surface area contributed by atoms with Crippen LogP contribution in [0.2, 0.25) is 0 Å². The molecule has 1 saturated heterocycles. The molecule has 5 nitrogen and oxygen atoms in total. The average molecular weight is 363 g/mol. The zero-order chi connectivity index (χ0) is 15.1. The summed E-state index contributed by atoms with van der Waals surface area (Å²) in [5, 5.41) is 0. The maximum Gasteiger partial charge on any atom is 0.158 e. The third-order valence-electron chi connectivity index (χ3n) is 4.60. The van der Waals surface area contributed by atoms with Crippen molar-refractivity contribution in [3.05, 3.63) is 27.0 Å². The van der Waals surface area contributed by atoms with Gasteiger partial charge in [-0.2, -0.15) is 0 Å². The molecular formula is C16H19BrN4O. The highest BCUT2D eigenvalue weighted by Crippen LogP contribution is 2.33. The van der Waals surface area contributed by atoms with Crippen LogP contribution in [0.3, 0.4) is 0 Å². The van der Waals surface area contributed by atoms with Gasteiger partial charge < -0.3 is 10.5 Å². The number of aryl methyl sites for hydroxylation is 1. The lowest BCUT2D eigenvalue weighted by Crippen LogP contribution is -2.17. The topological polar surface area (TPSA) is 72.9 Å². The van der Waals surface area contributed by atoms with Crippen LogP contribution in [-0.4, -0.2) is 35.9 Å². The first-order valence-electron chi connectivity index (χ1n) is 7.96. The van der Waals surface area contributed by atoms with E-state index in [2.05, 4.69) is 25.9 Å². The number of hydrogen-bond acceptors (Lipinski definition) is 4. The van der Waals surface area contributed by atoms with Gasteiger partial charge in [-0.05, 0) is 60.0 Å². The van der Waals surface area contributed by atoms with Crippen LogP contribution < -0.4 is 5.73 Å². The van der Waals surface area contributed by atoms with E-state index in [4.69, 9.17) is 15.5 Å². The Morgan fingerprint density at radius 3 is 2.91 bits per heavy atom. The van der Waals surface area contributed by atoms with Crippen molar-refractivity contribution in [2.45, 2.75) is 44.6 Å². The molecule has 3 aliphatic rings. The molecule has 1 fully saturated rings. The number of aromatic nitrogens is 1. The number of amidine groups is 2. The molecule has 1 aromatic rings. The first kappa shape index (κ1) is 14.3. The third-order valence-corrected chi connectivity index (χ3v) is 5.18. The number of nitrogens with zero attached hydrogens (tertiary/aromatic N) is 3. The van der Waals surface area contributed by atoms with Gasteiger partial charge in [-0.25, -0.2) is 9.98 Å². The van der Waals surface area contributed by atoms with Crippen molar-refractivity contribution in [3.63, 3.8) is 0 Å². The molecule has 0 spiro atoms. The molecule has 0 aromatic carbocycles. The maximum absolute atomic E-state index is 6.12. The minimum Gasteiger partial charge on any atom is -0.383 e. The van der Waals surface area contributed by atoms with Gasteiger partial charge in [0.2, 0.25) is 0 Å². The largest absolute Gasteiger partial charge is 0.383 e. The van der Waals surface area contributed by atoms with Gasteiger partial charge in [0.05, 0.1) is 18.2 Å². The molecule has 6 heteroatoms. The Kier molecular flexibility index (Phi) is 3.74. The van der Waals surface area contributed by atoms with Crippen molar-refractivity contribution in [2.75, 3.05) is 13.2 Å². The number of hydrogen-bond donors (Lipinski definition) is 1.